The molecule has 0 unspecified atom stereocenters. The second kappa shape index (κ2) is 7.41. The number of carbonyl (C=O) groups is 1. The summed E-state index contributed by atoms with van der Waals surface area (Å²) in [6, 6.07) is 5.85. The summed E-state index contributed by atoms with van der Waals surface area (Å²) < 4.78 is 26.4. The van der Waals surface area contributed by atoms with E-state index in [0.717, 1.165) is 13.1 Å². The van der Waals surface area contributed by atoms with E-state index in [1.165, 1.54) is 12.1 Å². The monoisotopic (exact) mass is 381 g/mol. The Morgan fingerprint density at radius 3 is 2.50 bits per heavy atom. The van der Waals surface area contributed by atoms with E-state index in [-0.39, 0.29) is 17.4 Å². The number of urea groups is 1. The second-order valence-corrected chi connectivity index (χ2v) is 6.44. The number of nitrogens with one attached hydrogen (secondary N) is 1. The van der Waals surface area contributed by atoms with E-state index in [0.29, 0.717) is 37.0 Å². The number of halogens is 3. The highest BCUT2D eigenvalue weighted by Crippen LogP contribution is 2.27. The van der Waals surface area contributed by atoms with E-state index in [9.17, 15) is 13.6 Å². The molecule has 1 aliphatic rings. The van der Waals surface area contributed by atoms with Gasteiger partial charge < -0.3 is 9.80 Å². The van der Waals surface area contributed by atoms with Crippen LogP contribution in [0.25, 0.3) is 0 Å². The fourth-order valence-corrected chi connectivity index (χ4v) is 2.89. The minimum atomic E-state index is -2.96. The first-order valence-electron chi connectivity index (χ1n) is 8.10. The zero-order valence-electron chi connectivity index (χ0n) is 14.1. The molecule has 3 heterocycles. The standard InChI is InChI=1S/C17H18ClF2N5O/c1-17(19,20)12-4-5-14(22-11-12)23-16(26)25-9-7-24(8-10-25)15-13(18)3-2-6-21-15/h2-6,11H,7-10H2,1H3,(H,22,23,26). The van der Waals surface area contributed by atoms with Crippen LogP contribution < -0.4 is 10.2 Å². The average molecular weight is 382 g/mol. The van der Waals surface area contributed by atoms with Crippen molar-refractivity contribution in [3.8, 4) is 0 Å². The van der Waals surface area contributed by atoms with Crippen LogP contribution in [-0.2, 0) is 5.92 Å². The van der Waals surface area contributed by atoms with Crippen molar-refractivity contribution < 1.29 is 13.6 Å². The lowest BCUT2D eigenvalue weighted by molar-refractivity contribution is 0.0171. The highest BCUT2D eigenvalue weighted by atomic mass is 35.5. The van der Waals surface area contributed by atoms with Gasteiger partial charge in [-0.2, -0.15) is 0 Å². The number of carbonyl (C=O) groups excluding carboxylic acids is 1. The maximum Gasteiger partial charge on any atom is 0.323 e. The van der Waals surface area contributed by atoms with Gasteiger partial charge in [0, 0.05) is 51.1 Å². The highest BCUT2D eigenvalue weighted by molar-refractivity contribution is 6.32. The smallest absolute Gasteiger partial charge is 0.323 e. The van der Waals surface area contributed by atoms with Gasteiger partial charge in [-0.15, -0.1) is 0 Å². The van der Waals surface area contributed by atoms with Crippen molar-refractivity contribution >= 4 is 29.3 Å². The van der Waals surface area contributed by atoms with E-state index in [4.69, 9.17) is 11.6 Å². The first-order valence-corrected chi connectivity index (χ1v) is 8.48. The Labute approximate surface area is 154 Å². The van der Waals surface area contributed by atoms with Gasteiger partial charge in [-0.25, -0.2) is 23.5 Å². The molecule has 1 saturated heterocycles. The van der Waals surface area contributed by atoms with Gasteiger partial charge in [0.1, 0.15) is 11.6 Å². The molecule has 0 radical (unpaired) electrons. The van der Waals surface area contributed by atoms with E-state index in [2.05, 4.69) is 15.3 Å². The van der Waals surface area contributed by atoms with E-state index >= 15 is 0 Å². The summed E-state index contributed by atoms with van der Waals surface area (Å²) in [5.74, 6) is -2.02. The van der Waals surface area contributed by atoms with Crippen molar-refractivity contribution in [2.45, 2.75) is 12.8 Å². The number of nitrogens with zero attached hydrogens (tertiary/aromatic N) is 4. The summed E-state index contributed by atoms with van der Waals surface area (Å²) in [5.41, 5.74) is -0.198. The van der Waals surface area contributed by atoms with Gasteiger partial charge in [0.2, 0.25) is 0 Å². The Bertz CT molecular complexity index is 773. The highest BCUT2D eigenvalue weighted by Gasteiger charge is 2.25. The van der Waals surface area contributed by atoms with Gasteiger partial charge >= 0.3 is 6.03 Å². The molecule has 1 aliphatic heterocycles. The minimum absolute atomic E-state index is 0.198. The molecule has 2 aromatic heterocycles. The fraction of sp³-hybridized carbons (Fsp3) is 0.353. The predicted molar refractivity (Wildman–Crippen MR) is 95.9 cm³/mol. The van der Waals surface area contributed by atoms with Gasteiger partial charge in [-0.1, -0.05) is 11.6 Å². The summed E-state index contributed by atoms with van der Waals surface area (Å²) in [6.07, 6.45) is 2.74. The van der Waals surface area contributed by atoms with Gasteiger partial charge in [0.15, 0.2) is 0 Å². The van der Waals surface area contributed by atoms with Gasteiger partial charge in [0.05, 0.1) is 5.02 Å². The largest absolute Gasteiger partial charge is 0.352 e. The minimum Gasteiger partial charge on any atom is -0.352 e. The summed E-state index contributed by atoms with van der Waals surface area (Å²) in [4.78, 5) is 24.1. The Morgan fingerprint density at radius 1 is 1.19 bits per heavy atom. The van der Waals surface area contributed by atoms with Crippen molar-refractivity contribution in [3.05, 3.63) is 47.2 Å². The zero-order valence-corrected chi connectivity index (χ0v) is 14.9. The zero-order chi connectivity index (χ0) is 18.7. The van der Waals surface area contributed by atoms with Crippen molar-refractivity contribution in [2.24, 2.45) is 0 Å². The van der Waals surface area contributed by atoms with Crippen LogP contribution >= 0.6 is 11.6 Å². The number of hydrogen-bond donors (Lipinski definition) is 1. The number of pyridine rings is 2. The molecule has 0 atom stereocenters. The van der Waals surface area contributed by atoms with E-state index < -0.39 is 5.92 Å². The van der Waals surface area contributed by atoms with Crippen LogP contribution in [0, 0.1) is 0 Å². The lowest BCUT2D eigenvalue weighted by atomic mass is 10.2. The van der Waals surface area contributed by atoms with Crippen LogP contribution in [0.4, 0.5) is 25.2 Å². The molecule has 1 N–H and O–H groups in total. The molecule has 0 aliphatic carbocycles. The number of alkyl halides is 2. The molecule has 2 amide bonds. The number of rotatable bonds is 3. The number of anilines is 2. The summed E-state index contributed by atoms with van der Waals surface area (Å²) in [6.45, 7) is 2.97. The van der Waals surface area contributed by atoms with Gasteiger partial charge in [0.25, 0.3) is 5.92 Å². The van der Waals surface area contributed by atoms with Gasteiger partial charge in [-0.3, -0.25) is 5.32 Å². The van der Waals surface area contributed by atoms with E-state index in [1.807, 2.05) is 4.90 Å². The Kier molecular flexibility index (Phi) is 5.22. The molecule has 26 heavy (non-hydrogen) atoms. The third-order valence-electron chi connectivity index (χ3n) is 4.11. The average Bonchev–Trinajstić information content (AvgIpc) is 2.62. The normalized spacial score (nSPS) is 15.1. The quantitative estimate of drug-likeness (QED) is 0.882. The molecule has 0 bridgehead atoms. The Balaban J connectivity index is 1.56. The van der Waals surface area contributed by atoms with Crippen LogP contribution in [0.3, 0.4) is 0 Å². The maximum absolute atomic E-state index is 13.2. The lowest BCUT2D eigenvalue weighted by Crippen LogP contribution is -2.50. The van der Waals surface area contributed by atoms with E-state index in [1.54, 1.807) is 23.2 Å². The van der Waals surface area contributed by atoms with Crippen LogP contribution in [-0.4, -0.2) is 47.1 Å². The Morgan fingerprint density at radius 2 is 1.92 bits per heavy atom. The molecule has 2 aromatic rings. The maximum atomic E-state index is 13.2. The van der Waals surface area contributed by atoms with Crippen LogP contribution in [0.1, 0.15) is 12.5 Å². The lowest BCUT2D eigenvalue weighted by Gasteiger charge is -2.35. The van der Waals surface area contributed by atoms with Crippen LogP contribution in [0.15, 0.2) is 36.7 Å². The molecule has 6 nitrogen and oxygen atoms in total. The first-order chi connectivity index (χ1) is 12.3. The van der Waals surface area contributed by atoms with Gasteiger partial charge in [-0.05, 0) is 24.3 Å². The topological polar surface area (TPSA) is 61.4 Å². The molecule has 0 saturated carbocycles. The number of aromatic nitrogens is 2. The summed E-state index contributed by atoms with van der Waals surface area (Å²) >= 11 is 6.15. The molecule has 138 valence electrons. The van der Waals surface area contributed by atoms with Crippen molar-refractivity contribution in [1.82, 2.24) is 14.9 Å². The number of hydrogen-bond acceptors (Lipinski definition) is 4. The van der Waals surface area contributed by atoms with Crippen LogP contribution in [0.2, 0.25) is 5.02 Å². The summed E-state index contributed by atoms with van der Waals surface area (Å²) in [5, 5.41) is 3.20. The summed E-state index contributed by atoms with van der Waals surface area (Å²) in [7, 11) is 0. The third-order valence-corrected chi connectivity index (χ3v) is 4.41. The fourth-order valence-electron chi connectivity index (χ4n) is 2.65. The third kappa shape index (κ3) is 4.19. The molecular formula is C17H18ClF2N5O. The van der Waals surface area contributed by atoms with Crippen molar-refractivity contribution in [3.63, 3.8) is 0 Å². The molecule has 0 spiro atoms. The molecular weight excluding hydrogens is 364 g/mol. The predicted octanol–water partition coefficient (Wildman–Crippen LogP) is 3.60. The molecule has 1 fully saturated rings. The molecule has 0 aromatic carbocycles. The number of amides is 2. The van der Waals surface area contributed by atoms with Crippen molar-refractivity contribution in [2.75, 3.05) is 36.4 Å². The Hall–Kier alpha value is -2.48. The van der Waals surface area contributed by atoms with Crippen LogP contribution in [0.5, 0.6) is 0 Å². The number of piperazine rings is 1. The second-order valence-electron chi connectivity index (χ2n) is 6.03. The SMILES string of the molecule is CC(F)(F)c1ccc(NC(=O)N2CCN(c3ncccc3Cl)CC2)nc1. The first kappa shape index (κ1) is 18.3. The molecule has 3 rings (SSSR count). The molecule has 9 heteroatoms. The van der Waals surface area contributed by atoms with Crippen molar-refractivity contribution in [1.29, 1.82) is 0 Å².